The van der Waals surface area contributed by atoms with Crippen LogP contribution < -0.4 is 15.5 Å². The van der Waals surface area contributed by atoms with Crippen molar-refractivity contribution in [1.82, 2.24) is 0 Å². The Morgan fingerprint density at radius 1 is 1.00 bits per heavy atom. The smallest absolute Gasteiger partial charge is 0.282 e. The Labute approximate surface area is 188 Å². The maximum Gasteiger partial charge on any atom is 0.282 e. The lowest BCUT2D eigenvalue weighted by atomic mass is 10.1. The summed E-state index contributed by atoms with van der Waals surface area (Å²) in [4.78, 5) is 39.7. The molecule has 2 heterocycles. The van der Waals surface area contributed by atoms with E-state index in [1.54, 1.807) is 36.4 Å². The number of carbonyl (C=O) groups excluding carboxylic acids is 3. The lowest BCUT2D eigenvalue weighted by Gasteiger charge is -2.16. The molecule has 0 radical (unpaired) electrons. The van der Waals surface area contributed by atoms with E-state index in [1.165, 1.54) is 18.3 Å². The molecule has 0 saturated heterocycles. The highest BCUT2D eigenvalue weighted by atomic mass is 35.5. The molecule has 8 heteroatoms. The third-order valence-electron chi connectivity index (χ3n) is 4.74. The molecule has 0 spiro atoms. The fourth-order valence-corrected chi connectivity index (χ4v) is 4.19. The van der Waals surface area contributed by atoms with Crippen LogP contribution >= 0.6 is 22.9 Å². The molecule has 2 N–H and O–H groups in total. The van der Waals surface area contributed by atoms with Gasteiger partial charge in [-0.05, 0) is 60.3 Å². The first-order chi connectivity index (χ1) is 14.8. The Balaban J connectivity index is 1.72. The number of hydrogen-bond acceptors (Lipinski definition) is 5. The topological polar surface area (TPSA) is 78.5 Å². The minimum absolute atomic E-state index is 0.193. The Morgan fingerprint density at radius 3 is 2.32 bits per heavy atom. The third kappa shape index (κ3) is 4.10. The number of benzene rings is 2. The first kappa shape index (κ1) is 20.8. The van der Waals surface area contributed by atoms with Gasteiger partial charge in [-0.3, -0.25) is 14.4 Å². The van der Waals surface area contributed by atoms with Crippen LogP contribution in [-0.2, 0) is 14.4 Å². The number of nitrogens with zero attached hydrogens (tertiary/aromatic N) is 1. The van der Waals surface area contributed by atoms with Crippen LogP contribution in [0.15, 0.2) is 65.7 Å². The summed E-state index contributed by atoms with van der Waals surface area (Å²) in [5.41, 5.74) is 3.02. The molecule has 2 aromatic carbocycles. The summed E-state index contributed by atoms with van der Waals surface area (Å²) in [6, 6.07) is 15.5. The van der Waals surface area contributed by atoms with Crippen LogP contribution in [0, 0.1) is 6.92 Å². The van der Waals surface area contributed by atoms with Gasteiger partial charge in [0.15, 0.2) is 0 Å². The number of hydrogen-bond donors (Lipinski definition) is 2. The monoisotopic (exact) mass is 451 g/mol. The fourth-order valence-electron chi connectivity index (χ4n) is 3.24. The highest BCUT2D eigenvalue weighted by Gasteiger charge is 2.40. The number of amides is 3. The molecule has 0 unspecified atom stereocenters. The van der Waals surface area contributed by atoms with Crippen molar-refractivity contribution in [2.75, 3.05) is 15.5 Å². The quantitative estimate of drug-likeness (QED) is 0.531. The van der Waals surface area contributed by atoms with Crippen molar-refractivity contribution >= 4 is 63.3 Å². The van der Waals surface area contributed by atoms with Crippen LogP contribution in [0.5, 0.6) is 0 Å². The van der Waals surface area contributed by atoms with Crippen molar-refractivity contribution in [1.29, 1.82) is 0 Å². The Bertz CT molecular complexity index is 1220. The van der Waals surface area contributed by atoms with Gasteiger partial charge in [0.2, 0.25) is 5.91 Å². The summed E-state index contributed by atoms with van der Waals surface area (Å²) >= 11 is 7.61. The SMILES string of the molecule is CC(=O)Nc1ccc(N2C(=O)C(Nc3ccc(C)c(Cl)c3)=C(c3cccs3)C2=O)cc1. The van der Waals surface area contributed by atoms with E-state index in [-0.39, 0.29) is 11.6 Å². The van der Waals surface area contributed by atoms with Crippen LogP contribution in [0.4, 0.5) is 17.1 Å². The lowest BCUT2D eigenvalue weighted by Crippen LogP contribution is -2.32. The Morgan fingerprint density at radius 2 is 1.71 bits per heavy atom. The molecule has 1 aliphatic rings. The molecule has 3 amide bonds. The minimum Gasteiger partial charge on any atom is -0.350 e. The summed E-state index contributed by atoms with van der Waals surface area (Å²) < 4.78 is 0. The number of aryl methyl sites for hydroxylation is 1. The molecule has 0 bridgehead atoms. The van der Waals surface area contributed by atoms with Crippen LogP contribution in [-0.4, -0.2) is 17.7 Å². The van der Waals surface area contributed by atoms with Crippen molar-refractivity contribution in [3.05, 3.63) is 81.1 Å². The van der Waals surface area contributed by atoms with Gasteiger partial charge in [-0.1, -0.05) is 23.7 Å². The second-order valence-corrected chi connectivity index (χ2v) is 8.34. The Hall–Kier alpha value is -3.42. The van der Waals surface area contributed by atoms with Crippen molar-refractivity contribution in [3.8, 4) is 0 Å². The Kier molecular flexibility index (Phi) is 5.63. The number of rotatable bonds is 5. The van der Waals surface area contributed by atoms with Gasteiger partial charge in [0.05, 0.1) is 11.3 Å². The maximum atomic E-state index is 13.3. The number of nitrogens with one attached hydrogen (secondary N) is 2. The normalized spacial score (nSPS) is 13.7. The summed E-state index contributed by atoms with van der Waals surface area (Å²) in [6.07, 6.45) is 0. The molecule has 1 aliphatic heterocycles. The molecule has 4 rings (SSSR count). The van der Waals surface area contributed by atoms with Crippen molar-refractivity contribution in [3.63, 3.8) is 0 Å². The highest BCUT2D eigenvalue weighted by molar-refractivity contribution is 7.11. The summed E-state index contributed by atoms with van der Waals surface area (Å²) in [7, 11) is 0. The van der Waals surface area contributed by atoms with Crippen molar-refractivity contribution in [2.24, 2.45) is 0 Å². The standard InChI is InChI=1S/C23H18ClN3O3S/c1-13-5-6-16(12-18(13)24)26-21-20(19-4-3-11-31-19)22(29)27(23(21)30)17-9-7-15(8-10-17)25-14(2)28/h3-12,26H,1-2H3,(H,25,28). The number of imide groups is 1. The van der Waals surface area contributed by atoms with Gasteiger partial charge in [-0.25, -0.2) is 4.90 Å². The van der Waals surface area contributed by atoms with Crippen LogP contribution in [0.1, 0.15) is 17.4 Å². The van der Waals surface area contributed by atoms with E-state index in [2.05, 4.69) is 10.6 Å². The van der Waals surface area contributed by atoms with Crippen molar-refractivity contribution < 1.29 is 14.4 Å². The van der Waals surface area contributed by atoms with Gasteiger partial charge in [0.25, 0.3) is 11.8 Å². The van der Waals surface area contributed by atoms with Gasteiger partial charge < -0.3 is 10.6 Å². The second-order valence-electron chi connectivity index (χ2n) is 6.99. The van der Waals surface area contributed by atoms with Gasteiger partial charge in [0, 0.05) is 28.2 Å². The van der Waals surface area contributed by atoms with Gasteiger partial charge in [0.1, 0.15) is 5.70 Å². The summed E-state index contributed by atoms with van der Waals surface area (Å²) in [5, 5.41) is 8.18. The summed E-state index contributed by atoms with van der Waals surface area (Å²) in [5.74, 6) is -1.08. The average Bonchev–Trinajstić information content (AvgIpc) is 3.32. The predicted molar refractivity (Wildman–Crippen MR) is 124 cm³/mol. The van der Waals surface area contributed by atoms with E-state index in [0.29, 0.717) is 32.5 Å². The zero-order chi connectivity index (χ0) is 22.1. The second kappa shape index (κ2) is 8.37. The zero-order valence-electron chi connectivity index (χ0n) is 16.7. The fraction of sp³-hybridized carbons (Fsp3) is 0.0870. The zero-order valence-corrected chi connectivity index (χ0v) is 18.3. The van der Waals surface area contributed by atoms with Crippen LogP contribution in [0.2, 0.25) is 5.02 Å². The molecule has 156 valence electrons. The number of carbonyl (C=O) groups is 3. The molecule has 1 aromatic heterocycles. The lowest BCUT2D eigenvalue weighted by molar-refractivity contribution is -0.120. The van der Waals surface area contributed by atoms with Gasteiger partial charge in [-0.2, -0.15) is 0 Å². The molecule has 0 saturated carbocycles. The predicted octanol–water partition coefficient (Wildman–Crippen LogP) is 5.06. The highest BCUT2D eigenvalue weighted by Crippen LogP contribution is 2.36. The van der Waals surface area contributed by atoms with E-state index in [0.717, 1.165) is 10.5 Å². The number of thiophene rings is 1. The average molecular weight is 452 g/mol. The van der Waals surface area contributed by atoms with Gasteiger partial charge in [-0.15, -0.1) is 11.3 Å². The molecule has 0 atom stereocenters. The molecule has 0 aliphatic carbocycles. The molecular weight excluding hydrogens is 434 g/mol. The van der Waals surface area contributed by atoms with E-state index in [9.17, 15) is 14.4 Å². The molecule has 0 fully saturated rings. The summed E-state index contributed by atoms with van der Waals surface area (Å²) in [6.45, 7) is 3.30. The number of anilines is 3. The van der Waals surface area contributed by atoms with E-state index in [4.69, 9.17) is 11.6 Å². The van der Waals surface area contributed by atoms with Crippen LogP contribution in [0.25, 0.3) is 5.57 Å². The van der Waals surface area contributed by atoms with Crippen LogP contribution in [0.3, 0.4) is 0 Å². The van der Waals surface area contributed by atoms with E-state index >= 15 is 0 Å². The largest absolute Gasteiger partial charge is 0.350 e. The van der Waals surface area contributed by atoms with Crippen molar-refractivity contribution in [2.45, 2.75) is 13.8 Å². The van der Waals surface area contributed by atoms with Gasteiger partial charge >= 0.3 is 0 Å². The maximum absolute atomic E-state index is 13.3. The number of halogens is 1. The third-order valence-corrected chi connectivity index (χ3v) is 6.03. The molecule has 3 aromatic rings. The molecule has 6 nitrogen and oxygen atoms in total. The first-order valence-electron chi connectivity index (χ1n) is 9.43. The van der Waals surface area contributed by atoms with E-state index < -0.39 is 11.8 Å². The van der Waals surface area contributed by atoms with E-state index in [1.807, 2.05) is 30.5 Å². The first-order valence-corrected chi connectivity index (χ1v) is 10.7. The molecule has 31 heavy (non-hydrogen) atoms. The minimum atomic E-state index is -0.461. The molecular formula is C23H18ClN3O3S.